The lowest BCUT2D eigenvalue weighted by Crippen LogP contribution is -2.13. The zero-order valence-electron chi connectivity index (χ0n) is 20.9. The van der Waals surface area contributed by atoms with Crippen molar-refractivity contribution in [1.82, 2.24) is 0 Å². The van der Waals surface area contributed by atoms with Gasteiger partial charge in [0.2, 0.25) is 0 Å². The fourth-order valence-electron chi connectivity index (χ4n) is 5.49. The Labute approximate surface area is 210 Å². The van der Waals surface area contributed by atoms with Gasteiger partial charge in [0.15, 0.2) is 0 Å². The van der Waals surface area contributed by atoms with Crippen molar-refractivity contribution in [3.05, 3.63) is 77.4 Å². The number of hydrogen-bond acceptors (Lipinski definition) is 3. The number of ether oxygens (including phenoxy) is 1. The van der Waals surface area contributed by atoms with Crippen LogP contribution in [0, 0.1) is 28.6 Å². The van der Waals surface area contributed by atoms with Gasteiger partial charge in [0.1, 0.15) is 17.9 Å². The first kappa shape index (κ1) is 24.6. The van der Waals surface area contributed by atoms with Gasteiger partial charge in [0, 0.05) is 11.1 Å². The molecule has 0 atom stereocenters. The molecule has 178 valence electrons. The summed E-state index contributed by atoms with van der Waals surface area (Å²) in [6.07, 6.45) is 10.7. The molecule has 1 aliphatic carbocycles. The van der Waals surface area contributed by atoms with Crippen LogP contribution in [0.15, 0.2) is 60.7 Å². The molecule has 0 heterocycles. The Morgan fingerprint density at radius 2 is 1.29 bits per heavy atom. The molecule has 0 unspecified atom stereocenters. The van der Waals surface area contributed by atoms with Gasteiger partial charge < -0.3 is 4.74 Å². The van der Waals surface area contributed by atoms with Crippen LogP contribution in [0.25, 0.3) is 22.3 Å². The minimum Gasteiger partial charge on any atom is -0.497 e. The van der Waals surface area contributed by atoms with E-state index in [4.69, 9.17) is 4.74 Å². The molecule has 0 spiro atoms. The second kappa shape index (κ2) is 11.7. The van der Waals surface area contributed by atoms with Crippen molar-refractivity contribution in [3.63, 3.8) is 0 Å². The van der Waals surface area contributed by atoms with E-state index in [1.165, 1.54) is 56.9 Å². The maximum absolute atomic E-state index is 9.98. The van der Waals surface area contributed by atoms with Crippen LogP contribution in [-0.4, -0.2) is 7.11 Å². The normalized spacial score (nSPS) is 17.4. The molecule has 4 rings (SSSR count). The van der Waals surface area contributed by atoms with E-state index in [1.807, 2.05) is 36.4 Å². The molecule has 3 nitrogen and oxygen atoms in total. The van der Waals surface area contributed by atoms with Crippen molar-refractivity contribution in [3.8, 4) is 40.1 Å². The number of hydrogen-bond donors (Lipinski definition) is 0. The lowest BCUT2D eigenvalue weighted by molar-refractivity contribution is 0.303. The van der Waals surface area contributed by atoms with Gasteiger partial charge in [-0.05, 0) is 66.3 Å². The van der Waals surface area contributed by atoms with Crippen LogP contribution in [0.4, 0.5) is 0 Å². The van der Waals surface area contributed by atoms with Crippen molar-refractivity contribution >= 4 is 0 Å². The summed E-state index contributed by atoms with van der Waals surface area (Å²) in [5, 5.41) is 19.9. The highest BCUT2D eigenvalue weighted by Crippen LogP contribution is 2.39. The number of rotatable bonds is 8. The zero-order chi connectivity index (χ0) is 24.6. The summed E-state index contributed by atoms with van der Waals surface area (Å²) >= 11 is 0. The van der Waals surface area contributed by atoms with Gasteiger partial charge >= 0.3 is 0 Å². The predicted molar refractivity (Wildman–Crippen MR) is 142 cm³/mol. The average molecular weight is 463 g/mol. The highest BCUT2D eigenvalue weighted by molar-refractivity contribution is 5.82. The molecule has 0 amide bonds. The molecule has 3 aromatic carbocycles. The van der Waals surface area contributed by atoms with E-state index in [0.29, 0.717) is 17.0 Å². The molecule has 0 aromatic heterocycles. The first-order valence-corrected chi connectivity index (χ1v) is 12.9. The Hall–Kier alpha value is -3.56. The second-order valence-electron chi connectivity index (χ2n) is 9.70. The Morgan fingerprint density at radius 1 is 0.743 bits per heavy atom. The van der Waals surface area contributed by atoms with Crippen LogP contribution >= 0.6 is 0 Å². The Bertz CT molecular complexity index is 1200. The number of nitriles is 2. The lowest BCUT2D eigenvalue weighted by Gasteiger charge is -2.29. The predicted octanol–water partition coefficient (Wildman–Crippen LogP) is 8.63. The molecule has 3 aromatic rings. The third-order valence-corrected chi connectivity index (χ3v) is 7.59. The molecular weight excluding hydrogens is 428 g/mol. The lowest BCUT2D eigenvalue weighted by atomic mass is 9.77. The third kappa shape index (κ3) is 5.58. The molecule has 0 aliphatic heterocycles. The minimum atomic E-state index is 0.417. The van der Waals surface area contributed by atoms with Crippen LogP contribution in [0.2, 0.25) is 0 Å². The van der Waals surface area contributed by atoms with E-state index in [1.54, 1.807) is 7.11 Å². The standard InChI is InChI=1S/C32H34N2O/c1-3-4-5-6-23-7-9-24(10-8-23)25-11-13-26(14-12-25)29-19-20-30(32(22-34)31(29)21-33)27-15-17-28(35-2)18-16-27/h11-20,23-24H,3-10H2,1-2H3/t23-,24-. The number of benzene rings is 3. The van der Waals surface area contributed by atoms with Crippen molar-refractivity contribution in [1.29, 1.82) is 10.5 Å². The summed E-state index contributed by atoms with van der Waals surface area (Å²) in [7, 11) is 1.63. The van der Waals surface area contributed by atoms with Crippen molar-refractivity contribution < 1.29 is 4.74 Å². The van der Waals surface area contributed by atoms with E-state index < -0.39 is 0 Å². The van der Waals surface area contributed by atoms with Gasteiger partial charge in [-0.3, -0.25) is 0 Å². The maximum Gasteiger partial charge on any atom is 0.118 e. The molecule has 1 fully saturated rings. The summed E-state index contributed by atoms with van der Waals surface area (Å²) in [6, 6.07) is 24.8. The molecule has 0 saturated heterocycles. The first-order chi connectivity index (χ1) is 17.2. The van der Waals surface area contributed by atoms with Crippen LogP contribution in [0.5, 0.6) is 5.75 Å². The molecule has 0 bridgehead atoms. The summed E-state index contributed by atoms with van der Waals surface area (Å²) in [5.74, 6) is 2.30. The van der Waals surface area contributed by atoms with Gasteiger partial charge in [-0.1, -0.05) is 81.1 Å². The molecule has 1 saturated carbocycles. The molecular formula is C32H34N2O. The van der Waals surface area contributed by atoms with Crippen LogP contribution < -0.4 is 4.74 Å². The summed E-state index contributed by atoms with van der Waals surface area (Å²) in [4.78, 5) is 0. The Morgan fingerprint density at radius 3 is 1.77 bits per heavy atom. The minimum absolute atomic E-state index is 0.417. The van der Waals surface area contributed by atoms with Gasteiger partial charge in [0.25, 0.3) is 0 Å². The largest absolute Gasteiger partial charge is 0.497 e. The summed E-state index contributed by atoms with van der Waals surface area (Å²) < 4.78 is 5.24. The van der Waals surface area contributed by atoms with E-state index in [9.17, 15) is 10.5 Å². The van der Waals surface area contributed by atoms with Crippen LogP contribution in [-0.2, 0) is 0 Å². The van der Waals surface area contributed by atoms with Gasteiger partial charge in [0.05, 0.1) is 18.2 Å². The summed E-state index contributed by atoms with van der Waals surface area (Å²) in [6.45, 7) is 2.27. The average Bonchev–Trinajstić information content (AvgIpc) is 2.93. The van der Waals surface area contributed by atoms with Crippen LogP contribution in [0.1, 0.15) is 80.9 Å². The molecule has 35 heavy (non-hydrogen) atoms. The van der Waals surface area contributed by atoms with Crippen LogP contribution in [0.3, 0.4) is 0 Å². The molecule has 3 heteroatoms. The fourth-order valence-corrected chi connectivity index (χ4v) is 5.49. The van der Waals surface area contributed by atoms with Gasteiger partial charge in [-0.25, -0.2) is 0 Å². The monoisotopic (exact) mass is 462 g/mol. The topological polar surface area (TPSA) is 56.8 Å². The molecule has 0 N–H and O–H groups in total. The SMILES string of the molecule is CCCCC[C@H]1CC[C@H](c2ccc(-c3ccc(-c4ccc(OC)cc4)c(C#N)c3C#N)cc2)CC1. The smallest absolute Gasteiger partial charge is 0.118 e. The van der Waals surface area contributed by atoms with Crippen molar-refractivity contribution in [2.75, 3.05) is 7.11 Å². The zero-order valence-corrected chi connectivity index (χ0v) is 20.9. The van der Waals surface area contributed by atoms with E-state index in [2.05, 4.69) is 43.3 Å². The van der Waals surface area contributed by atoms with Crippen molar-refractivity contribution in [2.24, 2.45) is 5.92 Å². The molecule has 0 radical (unpaired) electrons. The number of unbranched alkanes of at least 4 members (excludes halogenated alkanes) is 2. The highest BCUT2D eigenvalue weighted by Gasteiger charge is 2.22. The van der Waals surface area contributed by atoms with Gasteiger partial charge in [-0.2, -0.15) is 10.5 Å². The van der Waals surface area contributed by atoms with Crippen molar-refractivity contribution in [2.45, 2.75) is 64.2 Å². The van der Waals surface area contributed by atoms with Gasteiger partial charge in [-0.15, -0.1) is 0 Å². The first-order valence-electron chi connectivity index (χ1n) is 12.9. The maximum atomic E-state index is 9.98. The Balaban J connectivity index is 1.53. The summed E-state index contributed by atoms with van der Waals surface area (Å²) in [5.41, 5.74) is 5.70. The second-order valence-corrected chi connectivity index (χ2v) is 9.70. The molecule has 1 aliphatic rings. The highest BCUT2D eigenvalue weighted by atomic mass is 16.5. The third-order valence-electron chi connectivity index (χ3n) is 7.59. The fraction of sp³-hybridized carbons (Fsp3) is 0.375. The quantitative estimate of drug-likeness (QED) is 0.315. The van der Waals surface area contributed by atoms with E-state index in [0.717, 1.165) is 33.9 Å². The van der Waals surface area contributed by atoms with E-state index in [-0.39, 0.29) is 0 Å². The van der Waals surface area contributed by atoms with E-state index >= 15 is 0 Å². The number of methoxy groups -OCH3 is 1. The Kier molecular flexibility index (Phi) is 8.23. The number of nitrogens with zero attached hydrogens (tertiary/aromatic N) is 2.